The Morgan fingerprint density at radius 1 is 0.952 bits per heavy atom. The van der Waals surface area contributed by atoms with E-state index in [0.29, 0.717) is 22.4 Å². The second kappa shape index (κ2) is 4.86. The Balaban J connectivity index is 1.88. The molecule has 0 unspecified atom stereocenters. The monoisotopic (exact) mass is 280 g/mol. The van der Waals surface area contributed by atoms with Gasteiger partial charge in [0.15, 0.2) is 0 Å². The van der Waals surface area contributed by atoms with Crippen molar-refractivity contribution in [2.75, 3.05) is 12.4 Å². The summed E-state index contributed by atoms with van der Waals surface area (Å²) in [4.78, 5) is 36.8. The summed E-state index contributed by atoms with van der Waals surface area (Å²) in [6.45, 7) is 0. The molecule has 0 saturated heterocycles. The first-order valence-electron chi connectivity index (χ1n) is 6.41. The molecule has 3 rings (SSSR count). The largest absolute Gasteiger partial charge is 0.322 e. The minimum absolute atomic E-state index is 0.263. The summed E-state index contributed by atoms with van der Waals surface area (Å²) in [6.07, 6.45) is 0. The van der Waals surface area contributed by atoms with E-state index in [0.717, 1.165) is 4.90 Å². The zero-order chi connectivity index (χ0) is 15.0. The van der Waals surface area contributed by atoms with Gasteiger partial charge in [-0.05, 0) is 30.3 Å². The predicted molar refractivity (Wildman–Crippen MR) is 77.3 cm³/mol. The van der Waals surface area contributed by atoms with E-state index in [1.807, 2.05) is 6.07 Å². The number of anilines is 1. The lowest BCUT2D eigenvalue weighted by Crippen LogP contribution is -2.24. The van der Waals surface area contributed by atoms with Gasteiger partial charge in [-0.3, -0.25) is 19.3 Å². The second-order valence-corrected chi connectivity index (χ2v) is 4.75. The summed E-state index contributed by atoms with van der Waals surface area (Å²) >= 11 is 0. The molecule has 1 heterocycles. The number of nitrogens with zero attached hydrogens (tertiary/aromatic N) is 1. The average molecular weight is 280 g/mol. The molecule has 104 valence electrons. The molecule has 5 heteroatoms. The lowest BCUT2D eigenvalue weighted by molar-refractivity contribution is 0.0692. The first kappa shape index (κ1) is 13.1. The minimum Gasteiger partial charge on any atom is -0.322 e. The molecule has 0 aliphatic carbocycles. The van der Waals surface area contributed by atoms with Crippen LogP contribution in [-0.2, 0) is 0 Å². The van der Waals surface area contributed by atoms with E-state index < -0.39 is 0 Å². The number of hydrogen-bond donors (Lipinski definition) is 1. The average Bonchev–Trinajstić information content (AvgIpc) is 2.73. The van der Waals surface area contributed by atoms with Crippen molar-refractivity contribution in [3.8, 4) is 0 Å². The van der Waals surface area contributed by atoms with Crippen molar-refractivity contribution in [3.63, 3.8) is 0 Å². The number of benzene rings is 2. The smallest absolute Gasteiger partial charge is 0.261 e. The van der Waals surface area contributed by atoms with Crippen LogP contribution in [0.15, 0.2) is 48.5 Å². The van der Waals surface area contributed by atoms with Gasteiger partial charge in [0, 0.05) is 18.3 Å². The van der Waals surface area contributed by atoms with E-state index in [4.69, 9.17) is 0 Å². The molecule has 1 aliphatic rings. The van der Waals surface area contributed by atoms with E-state index >= 15 is 0 Å². The van der Waals surface area contributed by atoms with Gasteiger partial charge < -0.3 is 5.32 Å². The molecule has 0 atom stereocenters. The third-order valence-corrected chi connectivity index (χ3v) is 3.38. The fraction of sp³-hybridized carbons (Fsp3) is 0.0625. The van der Waals surface area contributed by atoms with Crippen LogP contribution in [0.5, 0.6) is 0 Å². The second-order valence-electron chi connectivity index (χ2n) is 4.75. The number of rotatable bonds is 2. The molecule has 2 aromatic rings. The van der Waals surface area contributed by atoms with E-state index in [1.54, 1.807) is 36.4 Å². The Bertz CT molecular complexity index is 753. The van der Waals surface area contributed by atoms with Crippen molar-refractivity contribution in [1.82, 2.24) is 4.90 Å². The van der Waals surface area contributed by atoms with Gasteiger partial charge in [-0.15, -0.1) is 0 Å². The van der Waals surface area contributed by atoms with Crippen LogP contribution in [0, 0.1) is 0 Å². The number of carbonyl (C=O) groups is 3. The Labute approximate surface area is 121 Å². The zero-order valence-corrected chi connectivity index (χ0v) is 11.3. The molecule has 21 heavy (non-hydrogen) atoms. The van der Waals surface area contributed by atoms with Gasteiger partial charge >= 0.3 is 0 Å². The number of amides is 3. The molecule has 1 N–H and O–H groups in total. The normalized spacial score (nSPS) is 13.3. The minimum atomic E-state index is -0.356. The Hall–Kier alpha value is -2.95. The first-order valence-corrected chi connectivity index (χ1v) is 6.41. The third-order valence-electron chi connectivity index (χ3n) is 3.38. The van der Waals surface area contributed by atoms with Gasteiger partial charge in [-0.25, -0.2) is 0 Å². The van der Waals surface area contributed by atoms with Gasteiger partial charge in [0.25, 0.3) is 17.7 Å². The standard InChI is InChI=1S/C16H12N2O3/c1-18-15(20)12-8-7-11(9-13(12)16(18)21)17-14(19)10-5-3-2-4-6-10/h2-9H,1H3,(H,17,19). The summed E-state index contributed by atoms with van der Waals surface area (Å²) in [5.74, 6) is -0.942. The Morgan fingerprint density at radius 2 is 1.62 bits per heavy atom. The Kier molecular flexibility index (Phi) is 3.02. The molecule has 0 radical (unpaired) electrons. The van der Waals surface area contributed by atoms with Gasteiger partial charge in [0.05, 0.1) is 11.1 Å². The van der Waals surface area contributed by atoms with Crippen molar-refractivity contribution < 1.29 is 14.4 Å². The van der Waals surface area contributed by atoms with Crippen LogP contribution < -0.4 is 5.32 Å². The number of fused-ring (bicyclic) bond motifs is 1. The highest BCUT2D eigenvalue weighted by atomic mass is 16.2. The summed E-state index contributed by atoms with van der Waals surface area (Å²) in [6, 6.07) is 13.5. The van der Waals surface area contributed by atoms with Gasteiger partial charge in [-0.1, -0.05) is 18.2 Å². The fourth-order valence-electron chi connectivity index (χ4n) is 2.23. The molecule has 0 saturated carbocycles. The number of imide groups is 1. The summed E-state index contributed by atoms with van der Waals surface area (Å²) in [7, 11) is 1.44. The highest BCUT2D eigenvalue weighted by Crippen LogP contribution is 2.24. The van der Waals surface area contributed by atoms with Crippen LogP contribution in [0.3, 0.4) is 0 Å². The molecule has 0 aromatic heterocycles. The molecule has 5 nitrogen and oxygen atoms in total. The molecule has 3 amide bonds. The van der Waals surface area contributed by atoms with Gasteiger partial charge in [0.1, 0.15) is 0 Å². The lowest BCUT2D eigenvalue weighted by Gasteiger charge is -2.06. The number of hydrogen-bond acceptors (Lipinski definition) is 3. The fourth-order valence-corrected chi connectivity index (χ4v) is 2.23. The highest BCUT2D eigenvalue weighted by Gasteiger charge is 2.32. The topological polar surface area (TPSA) is 66.5 Å². The maximum atomic E-state index is 12.1. The van der Waals surface area contributed by atoms with Crippen LogP contribution in [-0.4, -0.2) is 29.7 Å². The van der Waals surface area contributed by atoms with Crippen LogP contribution in [0.25, 0.3) is 0 Å². The molecule has 0 bridgehead atoms. The Morgan fingerprint density at radius 3 is 2.33 bits per heavy atom. The van der Waals surface area contributed by atoms with Crippen molar-refractivity contribution in [2.45, 2.75) is 0 Å². The van der Waals surface area contributed by atoms with Gasteiger partial charge in [-0.2, -0.15) is 0 Å². The third kappa shape index (κ3) is 2.18. The summed E-state index contributed by atoms with van der Waals surface area (Å²) in [5, 5.41) is 2.72. The zero-order valence-electron chi connectivity index (χ0n) is 11.3. The SMILES string of the molecule is CN1C(=O)c2ccc(NC(=O)c3ccccc3)cc2C1=O. The van der Waals surface area contributed by atoms with Crippen LogP contribution in [0.1, 0.15) is 31.1 Å². The van der Waals surface area contributed by atoms with Crippen LogP contribution in [0.2, 0.25) is 0 Å². The highest BCUT2D eigenvalue weighted by molar-refractivity contribution is 6.21. The first-order chi connectivity index (χ1) is 10.1. The van der Waals surface area contributed by atoms with Crippen LogP contribution >= 0.6 is 0 Å². The molecular weight excluding hydrogens is 268 g/mol. The van der Waals surface area contributed by atoms with E-state index in [-0.39, 0.29) is 17.7 Å². The lowest BCUT2D eigenvalue weighted by atomic mass is 10.1. The molecule has 2 aromatic carbocycles. The maximum absolute atomic E-state index is 12.1. The van der Waals surface area contributed by atoms with E-state index in [1.165, 1.54) is 13.1 Å². The number of nitrogens with one attached hydrogen (secondary N) is 1. The molecule has 0 fully saturated rings. The number of carbonyl (C=O) groups excluding carboxylic acids is 3. The van der Waals surface area contributed by atoms with Crippen molar-refractivity contribution >= 4 is 23.4 Å². The maximum Gasteiger partial charge on any atom is 0.261 e. The van der Waals surface area contributed by atoms with Crippen molar-refractivity contribution in [2.24, 2.45) is 0 Å². The van der Waals surface area contributed by atoms with Crippen molar-refractivity contribution in [1.29, 1.82) is 0 Å². The van der Waals surface area contributed by atoms with Crippen molar-refractivity contribution in [3.05, 3.63) is 65.2 Å². The summed E-state index contributed by atoms with van der Waals surface area (Å²) in [5.41, 5.74) is 1.69. The summed E-state index contributed by atoms with van der Waals surface area (Å²) < 4.78 is 0. The quantitative estimate of drug-likeness (QED) is 0.857. The van der Waals surface area contributed by atoms with Crippen LogP contribution in [0.4, 0.5) is 5.69 Å². The van der Waals surface area contributed by atoms with Gasteiger partial charge in [0.2, 0.25) is 0 Å². The molecule has 0 spiro atoms. The predicted octanol–water partition coefficient (Wildman–Crippen LogP) is 2.16. The molecule has 1 aliphatic heterocycles. The van der Waals surface area contributed by atoms with E-state index in [2.05, 4.69) is 5.32 Å². The molecular formula is C16H12N2O3. The van der Waals surface area contributed by atoms with E-state index in [9.17, 15) is 14.4 Å².